The van der Waals surface area contributed by atoms with E-state index in [9.17, 15) is 22.8 Å². The molecule has 1 fully saturated rings. The highest BCUT2D eigenvalue weighted by Gasteiger charge is 2.30. The first-order chi connectivity index (χ1) is 13.8. The van der Waals surface area contributed by atoms with E-state index >= 15 is 0 Å². The topological polar surface area (TPSA) is 67.4 Å². The molecule has 0 radical (unpaired) electrons. The lowest BCUT2D eigenvalue weighted by Crippen LogP contribution is -2.25. The Kier molecular flexibility index (Phi) is 6.21. The zero-order valence-electron chi connectivity index (χ0n) is 15.3. The fourth-order valence-corrected chi connectivity index (χ4v) is 2.47. The molecule has 2 aromatic carbocycles. The molecule has 3 rings (SSSR count). The molecule has 2 N–H and O–H groups in total. The largest absolute Gasteiger partial charge is 0.573 e. The van der Waals surface area contributed by atoms with Gasteiger partial charge in [0.25, 0.3) is 5.91 Å². The lowest BCUT2D eigenvalue weighted by molar-refractivity contribution is -0.274. The van der Waals surface area contributed by atoms with Crippen LogP contribution in [0, 0.1) is 0 Å². The van der Waals surface area contributed by atoms with E-state index in [4.69, 9.17) is 0 Å². The Labute approximate surface area is 165 Å². The van der Waals surface area contributed by atoms with Crippen LogP contribution in [0.2, 0.25) is 0 Å². The zero-order valence-corrected chi connectivity index (χ0v) is 15.3. The molecule has 0 aromatic heterocycles. The zero-order chi connectivity index (χ0) is 20.9. The first kappa shape index (κ1) is 20.4. The normalized spacial score (nSPS) is 13.9. The van der Waals surface area contributed by atoms with Crippen molar-refractivity contribution in [2.24, 2.45) is 0 Å². The standard InChI is InChI=1S/C21H19F3N2O3/c22-21(23,24)29-18-10-3-15(4-11-18)13-25-19(27)12-5-14-1-6-16(7-2-14)20(28)26-17-8-9-17/h1-7,10-12,17H,8-9,13H2,(H,25,27)(H,26,28)/b12-5+. The molecule has 0 bridgehead atoms. The lowest BCUT2D eigenvalue weighted by atomic mass is 10.1. The number of hydrogen-bond acceptors (Lipinski definition) is 3. The van der Waals surface area contributed by atoms with E-state index in [1.807, 2.05) is 0 Å². The van der Waals surface area contributed by atoms with Crippen LogP contribution < -0.4 is 15.4 Å². The van der Waals surface area contributed by atoms with Crippen molar-refractivity contribution < 1.29 is 27.5 Å². The Morgan fingerprint density at radius 3 is 2.28 bits per heavy atom. The van der Waals surface area contributed by atoms with Gasteiger partial charge in [-0.25, -0.2) is 0 Å². The Hall–Kier alpha value is -3.29. The van der Waals surface area contributed by atoms with Crippen molar-refractivity contribution in [2.45, 2.75) is 31.8 Å². The van der Waals surface area contributed by atoms with Crippen LogP contribution in [0.25, 0.3) is 6.08 Å². The van der Waals surface area contributed by atoms with E-state index in [2.05, 4.69) is 15.4 Å². The number of ether oxygens (including phenoxy) is 1. The molecule has 5 nitrogen and oxygen atoms in total. The minimum atomic E-state index is -4.74. The lowest BCUT2D eigenvalue weighted by Gasteiger charge is -2.09. The second-order valence-corrected chi connectivity index (χ2v) is 6.61. The summed E-state index contributed by atoms with van der Waals surface area (Å²) in [4.78, 5) is 23.8. The van der Waals surface area contributed by atoms with Gasteiger partial charge in [0, 0.05) is 24.2 Å². The van der Waals surface area contributed by atoms with Crippen molar-refractivity contribution in [3.8, 4) is 5.75 Å². The molecule has 0 saturated heterocycles. The molecule has 2 amide bonds. The molecule has 0 unspecified atom stereocenters. The summed E-state index contributed by atoms with van der Waals surface area (Å²) in [6.45, 7) is 0.162. The molecule has 0 aliphatic heterocycles. The third-order valence-electron chi connectivity index (χ3n) is 4.14. The number of nitrogens with one attached hydrogen (secondary N) is 2. The molecule has 8 heteroatoms. The monoisotopic (exact) mass is 404 g/mol. The summed E-state index contributed by atoms with van der Waals surface area (Å²) in [6, 6.07) is 12.4. The Morgan fingerprint density at radius 1 is 1.03 bits per heavy atom. The number of halogens is 3. The molecule has 0 heterocycles. The van der Waals surface area contributed by atoms with Gasteiger partial charge in [0.1, 0.15) is 5.75 Å². The SMILES string of the molecule is O=C(/C=C/c1ccc(C(=O)NC2CC2)cc1)NCc1ccc(OC(F)(F)F)cc1. The molecular formula is C21H19F3N2O3. The summed E-state index contributed by atoms with van der Waals surface area (Å²) >= 11 is 0. The van der Waals surface area contributed by atoms with E-state index in [-0.39, 0.29) is 24.1 Å². The van der Waals surface area contributed by atoms with Crippen molar-refractivity contribution in [3.05, 3.63) is 71.3 Å². The van der Waals surface area contributed by atoms with Gasteiger partial charge in [0.2, 0.25) is 5.91 Å². The minimum absolute atomic E-state index is 0.104. The van der Waals surface area contributed by atoms with Gasteiger partial charge in [-0.1, -0.05) is 24.3 Å². The number of alkyl halides is 3. The Balaban J connectivity index is 1.46. The number of amides is 2. The molecule has 1 saturated carbocycles. The van der Waals surface area contributed by atoms with Crippen LogP contribution in [-0.2, 0) is 11.3 Å². The van der Waals surface area contributed by atoms with Crippen LogP contribution in [0.5, 0.6) is 5.75 Å². The summed E-state index contributed by atoms with van der Waals surface area (Å²) in [6.07, 6.45) is 0.263. The first-order valence-electron chi connectivity index (χ1n) is 9.00. The minimum Gasteiger partial charge on any atom is -0.406 e. The predicted octanol–water partition coefficient (Wildman–Crippen LogP) is 3.81. The molecule has 0 spiro atoms. The van der Waals surface area contributed by atoms with Crippen molar-refractivity contribution in [1.29, 1.82) is 0 Å². The number of benzene rings is 2. The third kappa shape index (κ3) is 6.99. The maximum atomic E-state index is 12.1. The summed E-state index contributed by atoms with van der Waals surface area (Å²) in [5.41, 5.74) is 1.96. The number of hydrogen-bond donors (Lipinski definition) is 2. The molecule has 1 aliphatic rings. The van der Waals surface area contributed by atoms with Crippen LogP contribution in [-0.4, -0.2) is 24.2 Å². The van der Waals surface area contributed by atoms with Gasteiger partial charge in [-0.3, -0.25) is 9.59 Å². The smallest absolute Gasteiger partial charge is 0.406 e. The van der Waals surface area contributed by atoms with Crippen LogP contribution in [0.1, 0.15) is 34.3 Å². The van der Waals surface area contributed by atoms with Gasteiger partial charge >= 0.3 is 6.36 Å². The number of carbonyl (C=O) groups excluding carboxylic acids is 2. The maximum absolute atomic E-state index is 12.1. The fraction of sp³-hybridized carbons (Fsp3) is 0.238. The molecule has 29 heavy (non-hydrogen) atoms. The maximum Gasteiger partial charge on any atom is 0.573 e. The van der Waals surface area contributed by atoms with Gasteiger partial charge in [0.05, 0.1) is 0 Å². The summed E-state index contributed by atoms with van der Waals surface area (Å²) < 4.78 is 40.2. The molecule has 2 aromatic rings. The summed E-state index contributed by atoms with van der Waals surface area (Å²) in [7, 11) is 0. The van der Waals surface area contributed by atoms with E-state index in [0.29, 0.717) is 17.2 Å². The quantitative estimate of drug-likeness (QED) is 0.690. The Morgan fingerprint density at radius 2 is 1.69 bits per heavy atom. The first-order valence-corrected chi connectivity index (χ1v) is 9.00. The highest BCUT2D eigenvalue weighted by atomic mass is 19.4. The summed E-state index contributed by atoms with van der Waals surface area (Å²) in [5.74, 6) is -0.773. The van der Waals surface area contributed by atoms with Gasteiger partial charge in [-0.2, -0.15) is 0 Å². The second kappa shape index (κ2) is 8.81. The van der Waals surface area contributed by atoms with E-state index < -0.39 is 6.36 Å². The van der Waals surface area contributed by atoms with Crippen LogP contribution in [0.15, 0.2) is 54.6 Å². The fourth-order valence-electron chi connectivity index (χ4n) is 2.47. The van der Waals surface area contributed by atoms with E-state index in [1.165, 1.54) is 30.3 Å². The highest BCUT2D eigenvalue weighted by Crippen LogP contribution is 2.22. The van der Waals surface area contributed by atoms with Gasteiger partial charge in [-0.15, -0.1) is 13.2 Å². The number of carbonyl (C=O) groups is 2. The highest BCUT2D eigenvalue weighted by molar-refractivity contribution is 5.95. The van der Waals surface area contributed by atoms with Crippen molar-refractivity contribution in [1.82, 2.24) is 10.6 Å². The second-order valence-electron chi connectivity index (χ2n) is 6.61. The molecule has 152 valence electrons. The van der Waals surface area contributed by atoms with Crippen LogP contribution in [0.4, 0.5) is 13.2 Å². The average molecular weight is 404 g/mol. The van der Waals surface area contributed by atoms with Gasteiger partial charge in [0.15, 0.2) is 0 Å². The molecule has 1 aliphatic carbocycles. The van der Waals surface area contributed by atoms with E-state index in [1.54, 1.807) is 30.3 Å². The Bertz CT molecular complexity index is 887. The molecule has 0 atom stereocenters. The average Bonchev–Trinajstić information content (AvgIpc) is 3.49. The van der Waals surface area contributed by atoms with Crippen molar-refractivity contribution in [2.75, 3.05) is 0 Å². The number of rotatable bonds is 7. The van der Waals surface area contributed by atoms with Crippen LogP contribution >= 0.6 is 0 Å². The van der Waals surface area contributed by atoms with Gasteiger partial charge < -0.3 is 15.4 Å². The van der Waals surface area contributed by atoms with Crippen LogP contribution in [0.3, 0.4) is 0 Å². The van der Waals surface area contributed by atoms with Crippen molar-refractivity contribution in [3.63, 3.8) is 0 Å². The predicted molar refractivity (Wildman–Crippen MR) is 101 cm³/mol. The van der Waals surface area contributed by atoms with E-state index in [0.717, 1.165) is 18.4 Å². The molecular weight excluding hydrogens is 385 g/mol. The third-order valence-corrected chi connectivity index (χ3v) is 4.14. The van der Waals surface area contributed by atoms with Gasteiger partial charge in [-0.05, 0) is 54.3 Å². The van der Waals surface area contributed by atoms with Crippen molar-refractivity contribution >= 4 is 17.9 Å². The summed E-state index contributed by atoms with van der Waals surface area (Å²) in [5, 5.41) is 5.54.